The predicted octanol–water partition coefficient (Wildman–Crippen LogP) is 2.37. The molecule has 0 aliphatic heterocycles. The van der Waals surface area contributed by atoms with E-state index in [1.807, 2.05) is 0 Å². The average molecular weight is 195 g/mol. The second-order valence-corrected chi connectivity index (χ2v) is 2.48. The van der Waals surface area contributed by atoms with Gasteiger partial charge < -0.3 is 24.9 Å². The Labute approximate surface area is 82.1 Å². The van der Waals surface area contributed by atoms with Crippen LogP contribution >= 0.6 is 0 Å². The smallest absolute Gasteiger partial charge is 0.150 e. The van der Waals surface area contributed by atoms with Gasteiger partial charge in [0, 0.05) is 12.1 Å². The summed E-state index contributed by atoms with van der Waals surface area (Å²) in [6, 6.07) is 3.22. The molecule has 14 heavy (non-hydrogen) atoms. The number of ether oxygens (including phenoxy) is 3. The molecular formula is C9H11N2O3-. The number of hydrogen-bond acceptors (Lipinski definition) is 4. The Hall–Kier alpha value is -1.78. The molecule has 1 rings (SSSR count). The van der Waals surface area contributed by atoms with Crippen LogP contribution in [0.2, 0.25) is 0 Å². The minimum atomic E-state index is 0.246. The van der Waals surface area contributed by atoms with E-state index in [4.69, 9.17) is 19.7 Å². The molecule has 1 aromatic rings. The van der Waals surface area contributed by atoms with Gasteiger partial charge in [-0.2, -0.15) is 0 Å². The summed E-state index contributed by atoms with van der Waals surface area (Å²) in [6.45, 7) is 0. The Morgan fingerprint density at radius 2 is 1.50 bits per heavy atom. The van der Waals surface area contributed by atoms with Crippen LogP contribution in [0.25, 0.3) is 5.53 Å². The highest BCUT2D eigenvalue weighted by molar-refractivity contribution is 5.64. The fourth-order valence-electron chi connectivity index (χ4n) is 1.09. The first-order valence-corrected chi connectivity index (χ1v) is 3.92. The van der Waals surface area contributed by atoms with Gasteiger partial charge >= 0.3 is 0 Å². The SMILES string of the molecule is COc1cc(OC)c(N=[N-])c(OC)c1. The molecule has 5 heteroatoms. The summed E-state index contributed by atoms with van der Waals surface area (Å²) in [5, 5.41) is 3.08. The molecule has 0 aliphatic rings. The molecule has 0 spiro atoms. The summed E-state index contributed by atoms with van der Waals surface area (Å²) >= 11 is 0. The second-order valence-electron chi connectivity index (χ2n) is 2.48. The maximum absolute atomic E-state index is 8.75. The van der Waals surface area contributed by atoms with E-state index in [9.17, 15) is 0 Å². The molecule has 0 saturated carbocycles. The van der Waals surface area contributed by atoms with Crippen LogP contribution in [-0.4, -0.2) is 21.3 Å². The predicted molar refractivity (Wildman–Crippen MR) is 51.5 cm³/mol. The Morgan fingerprint density at radius 1 is 1.00 bits per heavy atom. The van der Waals surface area contributed by atoms with Crippen molar-refractivity contribution in [3.63, 3.8) is 0 Å². The van der Waals surface area contributed by atoms with Gasteiger partial charge in [0.25, 0.3) is 0 Å². The molecule has 76 valence electrons. The van der Waals surface area contributed by atoms with Crippen molar-refractivity contribution >= 4 is 5.69 Å². The Kier molecular flexibility index (Phi) is 3.28. The zero-order valence-corrected chi connectivity index (χ0v) is 8.27. The van der Waals surface area contributed by atoms with E-state index in [1.54, 1.807) is 12.1 Å². The first-order chi connectivity index (χ1) is 6.76. The fraction of sp³-hybridized carbons (Fsp3) is 0.333. The molecule has 0 unspecified atom stereocenters. The molecule has 0 saturated heterocycles. The third kappa shape index (κ3) is 1.76. The highest BCUT2D eigenvalue weighted by Gasteiger charge is 2.09. The van der Waals surface area contributed by atoms with Crippen molar-refractivity contribution in [2.45, 2.75) is 0 Å². The Bertz CT molecular complexity index is 314. The quantitative estimate of drug-likeness (QED) is 0.693. The van der Waals surface area contributed by atoms with Crippen molar-refractivity contribution in [3.8, 4) is 17.2 Å². The van der Waals surface area contributed by atoms with Gasteiger partial charge in [-0.15, -0.1) is 0 Å². The van der Waals surface area contributed by atoms with Gasteiger partial charge in [0.15, 0.2) is 0 Å². The Balaban J connectivity index is 3.31. The molecule has 1 aromatic carbocycles. The van der Waals surface area contributed by atoms with Crippen LogP contribution in [0.5, 0.6) is 17.2 Å². The largest absolute Gasteiger partial charge is 0.706 e. The zero-order chi connectivity index (χ0) is 10.6. The van der Waals surface area contributed by atoms with Crippen molar-refractivity contribution in [1.82, 2.24) is 0 Å². The van der Waals surface area contributed by atoms with Crippen molar-refractivity contribution in [2.24, 2.45) is 5.11 Å². The monoisotopic (exact) mass is 195 g/mol. The third-order valence-corrected chi connectivity index (χ3v) is 1.79. The van der Waals surface area contributed by atoms with Crippen LogP contribution in [0.3, 0.4) is 0 Å². The van der Waals surface area contributed by atoms with Crippen LogP contribution in [0.4, 0.5) is 5.69 Å². The van der Waals surface area contributed by atoms with E-state index >= 15 is 0 Å². The van der Waals surface area contributed by atoms with E-state index in [-0.39, 0.29) is 5.69 Å². The highest BCUT2D eigenvalue weighted by Crippen LogP contribution is 2.40. The zero-order valence-electron chi connectivity index (χ0n) is 8.27. The van der Waals surface area contributed by atoms with E-state index in [1.165, 1.54) is 21.3 Å². The molecule has 0 fully saturated rings. The first-order valence-electron chi connectivity index (χ1n) is 3.92. The maximum Gasteiger partial charge on any atom is 0.150 e. The molecule has 0 aromatic heterocycles. The summed E-state index contributed by atoms with van der Waals surface area (Å²) in [5.41, 5.74) is 9.00. The summed E-state index contributed by atoms with van der Waals surface area (Å²) in [4.78, 5) is 0. The highest BCUT2D eigenvalue weighted by atomic mass is 16.5. The molecule has 5 nitrogen and oxygen atoms in total. The van der Waals surface area contributed by atoms with Crippen LogP contribution in [0.1, 0.15) is 0 Å². The fourth-order valence-corrected chi connectivity index (χ4v) is 1.09. The van der Waals surface area contributed by atoms with Gasteiger partial charge in [-0.1, -0.05) is 0 Å². The maximum atomic E-state index is 8.75. The number of nitrogens with zero attached hydrogens (tertiary/aromatic N) is 2. The molecular weight excluding hydrogens is 184 g/mol. The van der Waals surface area contributed by atoms with E-state index in [0.29, 0.717) is 17.2 Å². The first kappa shape index (κ1) is 10.3. The lowest BCUT2D eigenvalue weighted by Crippen LogP contribution is -1.91. The van der Waals surface area contributed by atoms with Gasteiger partial charge in [0.1, 0.15) is 22.9 Å². The molecule has 0 heterocycles. The summed E-state index contributed by atoms with van der Waals surface area (Å²) < 4.78 is 15.0. The molecule has 0 radical (unpaired) electrons. The lowest BCUT2D eigenvalue weighted by Gasteiger charge is -2.12. The molecule has 0 aliphatic carbocycles. The van der Waals surface area contributed by atoms with Crippen LogP contribution in [0, 0.1) is 0 Å². The van der Waals surface area contributed by atoms with Gasteiger partial charge in [-0.25, -0.2) is 0 Å². The number of benzene rings is 1. The van der Waals surface area contributed by atoms with Crippen molar-refractivity contribution in [1.29, 1.82) is 0 Å². The van der Waals surface area contributed by atoms with E-state index < -0.39 is 0 Å². The minimum absolute atomic E-state index is 0.246. The third-order valence-electron chi connectivity index (χ3n) is 1.79. The number of rotatable bonds is 4. The van der Waals surface area contributed by atoms with Crippen LogP contribution in [-0.2, 0) is 0 Å². The number of methoxy groups -OCH3 is 3. The number of hydrogen-bond donors (Lipinski definition) is 0. The Morgan fingerprint density at radius 3 is 1.79 bits per heavy atom. The molecule has 0 atom stereocenters. The van der Waals surface area contributed by atoms with Crippen molar-refractivity contribution < 1.29 is 14.2 Å². The lowest BCUT2D eigenvalue weighted by atomic mass is 10.2. The van der Waals surface area contributed by atoms with Crippen molar-refractivity contribution in [2.75, 3.05) is 21.3 Å². The molecule has 0 bridgehead atoms. The summed E-state index contributed by atoms with van der Waals surface area (Å²) in [7, 11) is 4.48. The van der Waals surface area contributed by atoms with Gasteiger partial charge in [0.05, 0.1) is 21.3 Å². The minimum Gasteiger partial charge on any atom is -0.706 e. The summed E-state index contributed by atoms with van der Waals surface area (Å²) in [5.74, 6) is 1.36. The average Bonchev–Trinajstić information content (AvgIpc) is 2.26. The van der Waals surface area contributed by atoms with Gasteiger partial charge in [-0.3, -0.25) is 0 Å². The van der Waals surface area contributed by atoms with Crippen LogP contribution < -0.4 is 14.2 Å². The molecule has 0 amide bonds. The standard InChI is InChI=1S/C9H11N2O3/c1-12-6-4-7(13-2)9(11-10)8(5-6)14-3/h4-5H,1-3H3/q-1. The van der Waals surface area contributed by atoms with E-state index in [0.717, 1.165) is 0 Å². The van der Waals surface area contributed by atoms with Crippen molar-refractivity contribution in [3.05, 3.63) is 17.7 Å². The lowest BCUT2D eigenvalue weighted by molar-refractivity contribution is 0.377. The normalized spacial score (nSPS) is 9.36. The van der Waals surface area contributed by atoms with Crippen LogP contribution in [0.15, 0.2) is 17.2 Å². The van der Waals surface area contributed by atoms with Gasteiger partial charge in [-0.05, 0) is 0 Å². The van der Waals surface area contributed by atoms with E-state index in [2.05, 4.69) is 5.11 Å². The molecule has 0 N–H and O–H groups in total. The summed E-state index contributed by atoms with van der Waals surface area (Å²) in [6.07, 6.45) is 0. The topological polar surface area (TPSA) is 62.4 Å². The second kappa shape index (κ2) is 4.45. The van der Waals surface area contributed by atoms with Gasteiger partial charge in [0.2, 0.25) is 0 Å².